The minimum atomic E-state index is 0.427. The van der Waals surface area contributed by atoms with Crippen molar-refractivity contribution in [3.05, 3.63) is 0 Å². The standard InChI is InChI=1S/C12H24NO/c1-2-3-6-13-7-4-11(5-8-13)12(9-13)10-14/h11-12,14H,2-10H2,1H3/q+1. The van der Waals surface area contributed by atoms with E-state index < -0.39 is 0 Å². The number of aliphatic hydroxyl groups is 1. The van der Waals surface area contributed by atoms with Crippen LogP contribution in [0.2, 0.25) is 0 Å². The Kier molecular flexibility index (Phi) is 3.13. The lowest BCUT2D eigenvalue weighted by Crippen LogP contribution is -2.62. The maximum Gasteiger partial charge on any atom is 0.0840 e. The highest BCUT2D eigenvalue weighted by atomic mass is 16.3. The molecule has 14 heavy (non-hydrogen) atoms. The van der Waals surface area contributed by atoms with Crippen LogP contribution in [-0.4, -0.2) is 42.4 Å². The molecule has 0 radical (unpaired) electrons. The van der Waals surface area contributed by atoms with Gasteiger partial charge in [-0.3, -0.25) is 0 Å². The molecule has 82 valence electrons. The lowest BCUT2D eigenvalue weighted by atomic mass is 9.77. The summed E-state index contributed by atoms with van der Waals surface area (Å²) in [4.78, 5) is 0. The van der Waals surface area contributed by atoms with E-state index in [1.165, 1.54) is 56.3 Å². The molecule has 1 N–H and O–H groups in total. The van der Waals surface area contributed by atoms with Gasteiger partial charge in [0.15, 0.2) is 0 Å². The largest absolute Gasteiger partial charge is 0.396 e. The van der Waals surface area contributed by atoms with E-state index >= 15 is 0 Å². The van der Waals surface area contributed by atoms with Crippen LogP contribution in [0.15, 0.2) is 0 Å². The molecule has 3 saturated heterocycles. The van der Waals surface area contributed by atoms with Gasteiger partial charge in [-0.15, -0.1) is 0 Å². The summed E-state index contributed by atoms with van der Waals surface area (Å²) >= 11 is 0. The van der Waals surface area contributed by atoms with Crippen LogP contribution in [0.3, 0.4) is 0 Å². The third-order valence-electron chi connectivity index (χ3n) is 4.46. The number of nitrogens with zero attached hydrogens (tertiary/aromatic N) is 1. The molecule has 3 aliphatic rings. The van der Waals surface area contributed by atoms with Crippen molar-refractivity contribution in [1.29, 1.82) is 0 Å². The molecule has 2 bridgehead atoms. The van der Waals surface area contributed by atoms with Crippen molar-refractivity contribution in [3.8, 4) is 0 Å². The summed E-state index contributed by atoms with van der Waals surface area (Å²) in [5.41, 5.74) is 0. The molecule has 0 aliphatic carbocycles. The fourth-order valence-corrected chi connectivity index (χ4v) is 3.45. The fourth-order valence-electron chi connectivity index (χ4n) is 3.45. The molecule has 2 heteroatoms. The predicted octanol–water partition coefficient (Wildman–Crippen LogP) is 1.64. The summed E-state index contributed by atoms with van der Waals surface area (Å²) in [6.45, 7) is 8.11. The number of hydrogen-bond acceptors (Lipinski definition) is 1. The molecule has 0 spiro atoms. The third kappa shape index (κ3) is 1.82. The van der Waals surface area contributed by atoms with Gasteiger partial charge in [-0.2, -0.15) is 0 Å². The van der Waals surface area contributed by atoms with Crippen LogP contribution in [0.5, 0.6) is 0 Å². The van der Waals surface area contributed by atoms with Crippen LogP contribution in [-0.2, 0) is 0 Å². The number of quaternary nitrogens is 1. The van der Waals surface area contributed by atoms with Gasteiger partial charge in [0.2, 0.25) is 0 Å². The van der Waals surface area contributed by atoms with Gasteiger partial charge in [0.25, 0.3) is 0 Å². The van der Waals surface area contributed by atoms with E-state index in [-0.39, 0.29) is 0 Å². The van der Waals surface area contributed by atoms with Crippen molar-refractivity contribution in [2.75, 3.05) is 32.8 Å². The van der Waals surface area contributed by atoms with Crippen molar-refractivity contribution in [2.24, 2.45) is 11.8 Å². The number of rotatable bonds is 4. The monoisotopic (exact) mass is 198 g/mol. The van der Waals surface area contributed by atoms with Crippen LogP contribution in [0.1, 0.15) is 32.6 Å². The highest BCUT2D eigenvalue weighted by Crippen LogP contribution is 2.37. The molecule has 1 atom stereocenters. The highest BCUT2D eigenvalue weighted by Gasteiger charge is 2.44. The summed E-state index contributed by atoms with van der Waals surface area (Å²) in [5, 5.41) is 9.34. The zero-order valence-electron chi connectivity index (χ0n) is 9.41. The third-order valence-corrected chi connectivity index (χ3v) is 4.46. The summed E-state index contributed by atoms with van der Waals surface area (Å²) < 4.78 is 1.33. The van der Waals surface area contributed by atoms with Crippen molar-refractivity contribution in [3.63, 3.8) is 0 Å². The summed E-state index contributed by atoms with van der Waals surface area (Å²) in [6, 6.07) is 0. The van der Waals surface area contributed by atoms with Gasteiger partial charge < -0.3 is 9.59 Å². The molecular formula is C12H24NO+. The molecule has 3 fully saturated rings. The van der Waals surface area contributed by atoms with E-state index in [1.54, 1.807) is 0 Å². The summed E-state index contributed by atoms with van der Waals surface area (Å²) in [5.74, 6) is 1.47. The van der Waals surface area contributed by atoms with Crippen molar-refractivity contribution >= 4 is 0 Å². The Morgan fingerprint density at radius 1 is 1.29 bits per heavy atom. The second kappa shape index (κ2) is 4.19. The molecular weight excluding hydrogens is 174 g/mol. The lowest BCUT2D eigenvalue weighted by molar-refractivity contribution is -0.947. The molecule has 3 aliphatic heterocycles. The molecule has 3 heterocycles. The number of piperidine rings is 3. The van der Waals surface area contributed by atoms with Crippen LogP contribution >= 0.6 is 0 Å². The van der Waals surface area contributed by atoms with E-state index in [4.69, 9.17) is 0 Å². The van der Waals surface area contributed by atoms with Crippen molar-refractivity contribution in [1.82, 2.24) is 0 Å². The van der Waals surface area contributed by atoms with Crippen molar-refractivity contribution < 1.29 is 9.59 Å². The second-order valence-corrected chi connectivity index (χ2v) is 5.33. The molecule has 0 aromatic rings. The first-order valence-electron chi connectivity index (χ1n) is 6.25. The number of hydrogen-bond donors (Lipinski definition) is 1. The topological polar surface area (TPSA) is 20.2 Å². The van der Waals surface area contributed by atoms with Gasteiger partial charge in [0, 0.05) is 18.8 Å². The average Bonchev–Trinajstić information content (AvgIpc) is 2.28. The maximum absolute atomic E-state index is 9.34. The van der Waals surface area contributed by atoms with Crippen LogP contribution in [0, 0.1) is 11.8 Å². The molecule has 0 saturated carbocycles. The Hall–Kier alpha value is -0.0800. The molecule has 0 aromatic heterocycles. The second-order valence-electron chi connectivity index (χ2n) is 5.33. The maximum atomic E-state index is 9.34. The fraction of sp³-hybridized carbons (Fsp3) is 1.00. The number of aliphatic hydroxyl groups excluding tert-OH is 1. The van der Waals surface area contributed by atoms with Crippen LogP contribution < -0.4 is 0 Å². The first kappa shape index (κ1) is 10.4. The lowest BCUT2D eigenvalue weighted by Gasteiger charge is -2.52. The zero-order chi connectivity index (χ0) is 10.0. The van der Waals surface area contributed by atoms with Crippen molar-refractivity contribution in [2.45, 2.75) is 32.6 Å². The van der Waals surface area contributed by atoms with E-state index in [0.717, 1.165) is 5.92 Å². The van der Waals surface area contributed by atoms with Gasteiger partial charge in [0.05, 0.1) is 32.8 Å². The molecule has 2 nitrogen and oxygen atoms in total. The minimum absolute atomic E-state index is 0.427. The normalized spacial score (nSPS) is 41.6. The quantitative estimate of drug-likeness (QED) is 0.681. The Morgan fingerprint density at radius 2 is 2.00 bits per heavy atom. The van der Waals surface area contributed by atoms with Gasteiger partial charge in [-0.25, -0.2) is 0 Å². The number of fused-ring (bicyclic) bond motifs is 3. The summed E-state index contributed by atoms with van der Waals surface area (Å²) in [6.07, 6.45) is 5.42. The highest BCUT2D eigenvalue weighted by molar-refractivity contribution is 4.79. The van der Waals surface area contributed by atoms with Gasteiger partial charge in [-0.1, -0.05) is 13.3 Å². The average molecular weight is 198 g/mol. The smallest absolute Gasteiger partial charge is 0.0840 e. The molecule has 3 rings (SSSR count). The molecule has 0 aromatic carbocycles. The van der Waals surface area contributed by atoms with Gasteiger partial charge in [-0.05, 0) is 12.3 Å². The Morgan fingerprint density at radius 3 is 2.57 bits per heavy atom. The van der Waals surface area contributed by atoms with E-state index in [0.29, 0.717) is 12.5 Å². The number of unbranched alkanes of at least 4 members (excludes halogenated alkanes) is 1. The Bertz CT molecular complexity index is 185. The van der Waals surface area contributed by atoms with E-state index in [1.807, 2.05) is 0 Å². The van der Waals surface area contributed by atoms with E-state index in [9.17, 15) is 5.11 Å². The minimum Gasteiger partial charge on any atom is -0.396 e. The van der Waals surface area contributed by atoms with Gasteiger partial charge in [0.1, 0.15) is 0 Å². The summed E-state index contributed by atoms with van der Waals surface area (Å²) in [7, 11) is 0. The molecule has 0 amide bonds. The Balaban J connectivity index is 1.97. The predicted molar refractivity (Wildman–Crippen MR) is 57.9 cm³/mol. The molecule has 1 unspecified atom stereocenters. The first-order chi connectivity index (χ1) is 6.79. The van der Waals surface area contributed by atoms with Crippen LogP contribution in [0.4, 0.5) is 0 Å². The zero-order valence-corrected chi connectivity index (χ0v) is 9.41. The van der Waals surface area contributed by atoms with E-state index in [2.05, 4.69) is 6.92 Å². The van der Waals surface area contributed by atoms with Crippen LogP contribution in [0.25, 0.3) is 0 Å². The Labute approximate surface area is 87.5 Å². The first-order valence-corrected chi connectivity index (χ1v) is 6.25. The van der Waals surface area contributed by atoms with Gasteiger partial charge >= 0.3 is 0 Å². The SMILES string of the molecule is CCCC[N+]12CCC(CC1)C(CO)C2.